The topological polar surface area (TPSA) is 12.0 Å². The first-order valence-corrected chi connectivity index (χ1v) is 8.72. The molecule has 1 nitrogen and oxygen atoms in total. The van der Waals surface area contributed by atoms with E-state index in [1.807, 2.05) is 11.3 Å². The summed E-state index contributed by atoms with van der Waals surface area (Å²) in [6.07, 6.45) is 6.88. The molecule has 1 fully saturated rings. The van der Waals surface area contributed by atoms with Crippen LogP contribution in [0.4, 0.5) is 0 Å². The summed E-state index contributed by atoms with van der Waals surface area (Å²) in [6.45, 7) is 9.45. The molecule has 0 bridgehead atoms. The molecule has 19 heavy (non-hydrogen) atoms. The molecule has 0 radical (unpaired) electrons. The van der Waals surface area contributed by atoms with Crippen LogP contribution in [0.25, 0.3) is 0 Å². The Labute approximate surface area is 122 Å². The van der Waals surface area contributed by atoms with Gasteiger partial charge < -0.3 is 5.32 Å². The van der Waals surface area contributed by atoms with Crippen LogP contribution >= 0.6 is 11.3 Å². The van der Waals surface area contributed by atoms with E-state index < -0.39 is 0 Å². The number of aryl methyl sites for hydroxylation is 1. The van der Waals surface area contributed by atoms with Crippen LogP contribution in [0.1, 0.15) is 51.3 Å². The fraction of sp³-hybridized carbons (Fsp3) is 0.765. The molecule has 0 spiro atoms. The largest absolute Gasteiger partial charge is 0.317 e. The zero-order chi connectivity index (χ0) is 13.7. The molecule has 1 aromatic heterocycles. The predicted molar refractivity (Wildman–Crippen MR) is 85.8 cm³/mol. The summed E-state index contributed by atoms with van der Waals surface area (Å²) in [7, 11) is 0. The van der Waals surface area contributed by atoms with Crippen molar-refractivity contribution < 1.29 is 0 Å². The standard InChI is InChI=1S/C17H29NS/c1-4-18-13-15-9-10-17(2,3)12-14(15)7-8-16-6-5-11-19-16/h5-6,11,14-15,18H,4,7-10,12-13H2,1-3H3. The van der Waals surface area contributed by atoms with Crippen molar-refractivity contribution >= 4 is 11.3 Å². The third-order valence-corrected chi connectivity index (χ3v) is 5.61. The van der Waals surface area contributed by atoms with Crippen LogP contribution in [-0.2, 0) is 6.42 Å². The molecule has 108 valence electrons. The summed E-state index contributed by atoms with van der Waals surface area (Å²) < 4.78 is 0. The highest BCUT2D eigenvalue weighted by atomic mass is 32.1. The molecule has 1 heterocycles. The first-order chi connectivity index (χ1) is 9.11. The molecule has 1 N–H and O–H groups in total. The van der Waals surface area contributed by atoms with Gasteiger partial charge in [0.1, 0.15) is 0 Å². The number of hydrogen-bond acceptors (Lipinski definition) is 2. The van der Waals surface area contributed by atoms with Gasteiger partial charge in [0, 0.05) is 4.88 Å². The van der Waals surface area contributed by atoms with E-state index in [0.29, 0.717) is 5.41 Å². The summed E-state index contributed by atoms with van der Waals surface area (Å²) in [6, 6.07) is 4.47. The van der Waals surface area contributed by atoms with Gasteiger partial charge in [0.05, 0.1) is 0 Å². The number of rotatable bonds is 6. The van der Waals surface area contributed by atoms with E-state index in [1.54, 1.807) is 4.88 Å². The average Bonchev–Trinajstić information content (AvgIpc) is 2.87. The maximum absolute atomic E-state index is 3.57. The van der Waals surface area contributed by atoms with Crippen LogP contribution in [-0.4, -0.2) is 13.1 Å². The minimum absolute atomic E-state index is 0.558. The molecule has 1 aromatic rings. The van der Waals surface area contributed by atoms with Crippen LogP contribution in [0, 0.1) is 17.3 Å². The smallest absolute Gasteiger partial charge is 0.00453 e. The molecule has 1 aliphatic rings. The van der Waals surface area contributed by atoms with E-state index in [4.69, 9.17) is 0 Å². The molecule has 2 unspecified atom stereocenters. The molecule has 1 saturated carbocycles. The second-order valence-corrected chi connectivity index (χ2v) is 7.89. The summed E-state index contributed by atoms with van der Waals surface area (Å²) in [4.78, 5) is 1.56. The highest BCUT2D eigenvalue weighted by Crippen LogP contribution is 2.43. The summed E-state index contributed by atoms with van der Waals surface area (Å²) >= 11 is 1.91. The Balaban J connectivity index is 1.90. The third kappa shape index (κ3) is 4.61. The Morgan fingerprint density at radius 1 is 1.37 bits per heavy atom. The summed E-state index contributed by atoms with van der Waals surface area (Å²) in [5.41, 5.74) is 0.558. The maximum Gasteiger partial charge on any atom is 0.00453 e. The van der Waals surface area contributed by atoms with Crippen LogP contribution in [0.2, 0.25) is 0 Å². The molecule has 2 atom stereocenters. The molecule has 2 rings (SSSR count). The number of nitrogens with one attached hydrogen (secondary N) is 1. The van der Waals surface area contributed by atoms with E-state index in [2.05, 4.69) is 43.6 Å². The molecule has 0 aromatic carbocycles. The van der Waals surface area contributed by atoms with E-state index in [0.717, 1.165) is 18.4 Å². The van der Waals surface area contributed by atoms with Crippen molar-refractivity contribution in [2.24, 2.45) is 17.3 Å². The third-order valence-electron chi connectivity index (χ3n) is 4.67. The second kappa shape index (κ2) is 6.90. The van der Waals surface area contributed by atoms with Gasteiger partial charge in [-0.25, -0.2) is 0 Å². The van der Waals surface area contributed by atoms with Gasteiger partial charge in [-0.05, 0) is 73.9 Å². The zero-order valence-corrected chi connectivity index (χ0v) is 13.6. The van der Waals surface area contributed by atoms with Crippen molar-refractivity contribution in [1.82, 2.24) is 5.32 Å². The lowest BCUT2D eigenvalue weighted by Gasteiger charge is -2.41. The summed E-state index contributed by atoms with van der Waals surface area (Å²) in [5.74, 6) is 1.80. The van der Waals surface area contributed by atoms with Gasteiger partial charge in [-0.3, -0.25) is 0 Å². The molecule has 0 amide bonds. The minimum Gasteiger partial charge on any atom is -0.317 e. The van der Waals surface area contributed by atoms with Gasteiger partial charge in [0.15, 0.2) is 0 Å². The van der Waals surface area contributed by atoms with E-state index in [-0.39, 0.29) is 0 Å². The summed E-state index contributed by atoms with van der Waals surface area (Å²) in [5, 5.41) is 5.78. The van der Waals surface area contributed by atoms with Crippen LogP contribution in [0.3, 0.4) is 0 Å². The lowest BCUT2D eigenvalue weighted by atomic mass is 9.66. The van der Waals surface area contributed by atoms with E-state index in [1.165, 1.54) is 38.6 Å². The number of hydrogen-bond donors (Lipinski definition) is 1. The Morgan fingerprint density at radius 2 is 2.21 bits per heavy atom. The molecule has 0 aliphatic heterocycles. The van der Waals surface area contributed by atoms with Crippen molar-refractivity contribution in [1.29, 1.82) is 0 Å². The predicted octanol–water partition coefficient (Wildman–Crippen LogP) is 4.73. The van der Waals surface area contributed by atoms with Gasteiger partial charge in [-0.2, -0.15) is 0 Å². The average molecular weight is 279 g/mol. The normalized spacial score (nSPS) is 26.5. The van der Waals surface area contributed by atoms with Gasteiger partial charge in [-0.1, -0.05) is 26.8 Å². The highest BCUT2D eigenvalue weighted by molar-refractivity contribution is 7.09. The molecular weight excluding hydrogens is 250 g/mol. The van der Waals surface area contributed by atoms with Crippen molar-refractivity contribution in [2.45, 2.75) is 52.9 Å². The molecule has 2 heteroatoms. The van der Waals surface area contributed by atoms with Gasteiger partial charge in [0.25, 0.3) is 0 Å². The first-order valence-electron chi connectivity index (χ1n) is 7.84. The fourth-order valence-corrected chi connectivity index (χ4v) is 4.23. The zero-order valence-electron chi connectivity index (χ0n) is 12.7. The maximum atomic E-state index is 3.57. The van der Waals surface area contributed by atoms with Gasteiger partial charge in [-0.15, -0.1) is 11.3 Å². The van der Waals surface area contributed by atoms with Crippen molar-refractivity contribution in [2.75, 3.05) is 13.1 Å². The lowest BCUT2D eigenvalue weighted by Crippen LogP contribution is -2.36. The van der Waals surface area contributed by atoms with Crippen LogP contribution in [0.15, 0.2) is 17.5 Å². The molecule has 0 saturated heterocycles. The SMILES string of the molecule is CCNCC1CCC(C)(C)CC1CCc1cccs1. The first kappa shape index (κ1) is 15.1. The second-order valence-electron chi connectivity index (χ2n) is 6.85. The quantitative estimate of drug-likeness (QED) is 0.793. The van der Waals surface area contributed by atoms with Crippen molar-refractivity contribution in [3.63, 3.8) is 0 Å². The van der Waals surface area contributed by atoms with Crippen molar-refractivity contribution in [3.05, 3.63) is 22.4 Å². The molecular formula is C17H29NS. The highest BCUT2D eigenvalue weighted by Gasteiger charge is 2.34. The Bertz CT molecular complexity index is 355. The van der Waals surface area contributed by atoms with Gasteiger partial charge >= 0.3 is 0 Å². The van der Waals surface area contributed by atoms with Crippen LogP contribution < -0.4 is 5.32 Å². The van der Waals surface area contributed by atoms with E-state index in [9.17, 15) is 0 Å². The monoisotopic (exact) mass is 279 g/mol. The van der Waals surface area contributed by atoms with Crippen molar-refractivity contribution in [3.8, 4) is 0 Å². The Morgan fingerprint density at radius 3 is 2.89 bits per heavy atom. The number of thiophene rings is 1. The fourth-order valence-electron chi connectivity index (χ4n) is 3.51. The van der Waals surface area contributed by atoms with Gasteiger partial charge in [0.2, 0.25) is 0 Å². The molecule has 1 aliphatic carbocycles. The minimum atomic E-state index is 0.558. The Kier molecular flexibility index (Phi) is 5.47. The van der Waals surface area contributed by atoms with Crippen LogP contribution in [0.5, 0.6) is 0 Å². The lowest BCUT2D eigenvalue weighted by molar-refractivity contribution is 0.110. The Hall–Kier alpha value is -0.340. The van der Waals surface area contributed by atoms with E-state index >= 15 is 0 Å².